The number of ether oxygens (including phenoxy) is 1. The minimum absolute atomic E-state index is 0.289. The molecule has 0 aliphatic carbocycles. The molecule has 0 spiro atoms. The van der Waals surface area contributed by atoms with Crippen LogP contribution in [0.3, 0.4) is 0 Å². The zero-order chi connectivity index (χ0) is 15.4. The largest absolute Gasteiger partial charge is 0.390 e. The van der Waals surface area contributed by atoms with Crippen molar-refractivity contribution in [3.63, 3.8) is 0 Å². The Bertz CT molecular complexity index is 327. The Morgan fingerprint density at radius 2 is 1.89 bits per heavy atom. The van der Waals surface area contributed by atoms with E-state index in [4.69, 9.17) is 17.5 Å². The van der Waals surface area contributed by atoms with E-state index in [1.54, 1.807) is 0 Å². The fourth-order valence-corrected chi connectivity index (χ4v) is 2.37. The van der Waals surface area contributed by atoms with Gasteiger partial charge in [0.15, 0.2) is 5.85 Å². The fraction of sp³-hybridized carbons (Fsp3) is 1.00. The van der Waals surface area contributed by atoms with Gasteiger partial charge in [0.1, 0.15) is 14.0 Å². The van der Waals surface area contributed by atoms with Gasteiger partial charge in [0.05, 0.1) is 11.7 Å². The van der Waals surface area contributed by atoms with Crippen LogP contribution in [-0.4, -0.2) is 59.8 Å². The molecule has 3 N–H and O–H groups in total. The molecule has 0 aromatic rings. The number of aliphatic hydroxyl groups is 2. The fourth-order valence-electron chi connectivity index (χ4n) is 1.43. The molecule has 112 valence electrons. The van der Waals surface area contributed by atoms with Gasteiger partial charge in [-0.25, -0.2) is 4.39 Å². The lowest BCUT2D eigenvalue weighted by Crippen LogP contribution is -2.40. The van der Waals surface area contributed by atoms with Crippen molar-refractivity contribution >= 4 is 15.4 Å². The predicted molar refractivity (Wildman–Crippen MR) is 68.7 cm³/mol. The number of rotatable bonds is 8. The molecule has 0 rings (SSSR count). The molecule has 9 heteroatoms. The maximum atomic E-state index is 13.6. The molecule has 6 nitrogen and oxygen atoms in total. The Morgan fingerprint density at radius 3 is 2.26 bits per heavy atom. The van der Waals surface area contributed by atoms with Crippen molar-refractivity contribution in [3.8, 4) is 0 Å². The van der Waals surface area contributed by atoms with Crippen molar-refractivity contribution in [3.05, 3.63) is 0 Å². The summed E-state index contributed by atoms with van der Waals surface area (Å²) in [7, 11) is 2.22. The molecule has 0 bridgehead atoms. The number of alkyl halides is 1. The zero-order valence-corrected chi connectivity index (χ0v) is 12.4. The monoisotopic (exact) mass is 298 g/mol. The highest BCUT2D eigenvalue weighted by Gasteiger charge is 2.38. The lowest BCUT2D eigenvalue weighted by molar-refractivity contribution is -0.0380. The zero-order valence-electron chi connectivity index (χ0n) is 11.5. The maximum absolute atomic E-state index is 13.6. The number of methoxy groups -OCH3 is 1. The Labute approximate surface area is 113 Å². The Morgan fingerprint density at radius 1 is 1.42 bits per heavy atom. The molecule has 0 amide bonds. The summed E-state index contributed by atoms with van der Waals surface area (Å²) in [5.41, 5.74) is -1.32. The summed E-state index contributed by atoms with van der Waals surface area (Å²) in [6.45, 7) is 3.89. The molecule has 2 radical (unpaired) electrons. The minimum Gasteiger partial charge on any atom is -0.390 e. The smallest absolute Gasteiger partial charge is 0.356 e. The van der Waals surface area contributed by atoms with Crippen LogP contribution >= 0.6 is 7.60 Å². The second-order valence-electron chi connectivity index (χ2n) is 4.96. The normalized spacial score (nSPS) is 22.3. The highest BCUT2D eigenvalue weighted by Crippen LogP contribution is 2.50. The quantitative estimate of drug-likeness (QED) is 0.447. The van der Waals surface area contributed by atoms with E-state index in [0.29, 0.717) is 0 Å². The van der Waals surface area contributed by atoms with Gasteiger partial charge in [-0.1, -0.05) is 0 Å². The summed E-state index contributed by atoms with van der Waals surface area (Å²) in [4.78, 5) is 9.39. The van der Waals surface area contributed by atoms with E-state index in [-0.39, 0.29) is 6.42 Å². The van der Waals surface area contributed by atoms with E-state index in [1.807, 2.05) is 0 Å². The molecular formula is C10H21BFO6P. The molecule has 0 aliphatic rings. The number of aliphatic hydroxyl groups excluding tert-OH is 2. The maximum Gasteiger partial charge on any atom is 0.356 e. The van der Waals surface area contributed by atoms with Crippen molar-refractivity contribution in [2.45, 2.75) is 56.9 Å². The van der Waals surface area contributed by atoms with Gasteiger partial charge in [-0.3, -0.25) is 4.57 Å². The SMILES string of the molecule is [B][C@H](OC)[C@H](F)C(O)CC(C)(C)OP(=O)(O)C(C)O. The molecule has 5 atom stereocenters. The molecule has 3 unspecified atom stereocenters. The van der Waals surface area contributed by atoms with Crippen LogP contribution in [0.5, 0.6) is 0 Å². The summed E-state index contributed by atoms with van der Waals surface area (Å²) >= 11 is 0. The van der Waals surface area contributed by atoms with E-state index >= 15 is 0 Å². The topological polar surface area (TPSA) is 96.2 Å². The second kappa shape index (κ2) is 7.15. The van der Waals surface area contributed by atoms with E-state index in [1.165, 1.54) is 21.0 Å². The third-order valence-corrected chi connectivity index (χ3v) is 4.20. The average Bonchev–Trinajstić information content (AvgIpc) is 2.24. The van der Waals surface area contributed by atoms with Crippen molar-refractivity contribution in [2.24, 2.45) is 0 Å². The van der Waals surface area contributed by atoms with Crippen molar-refractivity contribution in [1.29, 1.82) is 0 Å². The van der Waals surface area contributed by atoms with Crippen molar-refractivity contribution in [1.82, 2.24) is 0 Å². The molecule has 0 saturated heterocycles. The van der Waals surface area contributed by atoms with Gasteiger partial charge in [0.2, 0.25) is 0 Å². The third-order valence-electron chi connectivity index (χ3n) is 2.50. The average molecular weight is 298 g/mol. The van der Waals surface area contributed by atoms with Crippen LogP contribution in [0.4, 0.5) is 4.39 Å². The molecule has 0 aliphatic heterocycles. The molecule has 0 fully saturated rings. The molecule has 0 aromatic heterocycles. The Kier molecular flexibility index (Phi) is 7.16. The molecule has 0 heterocycles. The molecular weight excluding hydrogens is 277 g/mol. The predicted octanol–water partition coefficient (Wildman–Crippen LogP) is 0.535. The van der Waals surface area contributed by atoms with Crippen LogP contribution < -0.4 is 0 Å². The summed E-state index contributed by atoms with van der Waals surface area (Å²) < 4.78 is 34.5. The first-order valence-electron chi connectivity index (χ1n) is 5.75. The Balaban J connectivity index is 4.65. The van der Waals surface area contributed by atoms with Crippen LogP contribution in [-0.2, 0) is 13.8 Å². The van der Waals surface area contributed by atoms with Crippen molar-refractivity contribution in [2.75, 3.05) is 7.11 Å². The van der Waals surface area contributed by atoms with Gasteiger partial charge in [-0.15, -0.1) is 0 Å². The van der Waals surface area contributed by atoms with Crippen LogP contribution in [0.2, 0.25) is 0 Å². The van der Waals surface area contributed by atoms with E-state index in [2.05, 4.69) is 4.74 Å². The van der Waals surface area contributed by atoms with Gasteiger partial charge in [0, 0.05) is 19.5 Å². The van der Waals surface area contributed by atoms with E-state index in [9.17, 15) is 19.0 Å². The standard InChI is InChI=1S/C10H21BFO6P/c1-6(13)19(15,16)18-10(2,3)5-7(14)8(12)9(11)17-4/h6-9,13-14H,5H2,1-4H3,(H,15,16)/t6?,7?,8-,9-/m1/s1. The van der Waals surface area contributed by atoms with E-state index < -0.39 is 37.3 Å². The van der Waals surface area contributed by atoms with E-state index in [0.717, 1.165) is 6.92 Å². The number of hydrogen-bond acceptors (Lipinski definition) is 5. The lowest BCUT2D eigenvalue weighted by atomic mass is 9.88. The highest BCUT2D eigenvalue weighted by atomic mass is 31.2. The second-order valence-corrected chi connectivity index (χ2v) is 7.02. The number of hydrogen-bond donors (Lipinski definition) is 3. The lowest BCUT2D eigenvalue weighted by Gasteiger charge is -2.32. The van der Waals surface area contributed by atoms with Crippen LogP contribution in [0.25, 0.3) is 0 Å². The van der Waals surface area contributed by atoms with Gasteiger partial charge in [0.25, 0.3) is 0 Å². The summed E-state index contributed by atoms with van der Waals surface area (Å²) in [5.74, 6) is -1.58. The first kappa shape index (κ1) is 19.0. The number of halogens is 1. The summed E-state index contributed by atoms with van der Waals surface area (Å²) in [6, 6.07) is -1.30. The van der Waals surface area contributed by atoms with Gasteiger partial charge in [-0.05, 0) is 20.8 Å². The molecule has 0 saturated carbocycles. The van der Waals surface area contributed by atoms with Gasteiger partial charge in [-0.2, -0.15) is 0 Å². The first-order valence-corrected chi connectivity index (χ1v) is 7.39. The first-order chi connectivity index (χ1) is 8.43. The summed E-state index contributed by atoms with van der Waals surface area (Å²) in [5, 5.41) is 18.7. The molecule has 19 heavy (non-hydrogen) atoms. The highest BCUT2D eigenvalue weighted by molar-refractivity contribution is 7.53. The van der Waals surface area contributed by atoms with Gasteiger partial charge < -0.3 is 24.4 Å². The Hall–Kier alpha value is 0.0249. The summed E-state index contributed by atoms with van der Waals surface area (Å²) in [6.07, 6.45) is -3.68. The van der Waals surface area contributed by atoms with Crippen molar-refractivity contribution < 1.29 is 33.3 Å². The van der Waals surface area contributed by atoms with Crippen LogP contribution in [0.15, 0.2) is 0 Å². The van der Waals surface area contributed by atoms with Gasteiger partial charge >= 0.3 is 7.60 Å². The third kappa shape index (κ3) is 6.34. The van der Waals surface area contributed by atoms with Crippen LogP contribution in [0, 0.1) is 0 Å². The van der Waals surface area contributed by atoms with Crippen LogP contribution in [0.1, 0.15) is 27.2 Å². The molecule has 0 aromatic carbocycles. The minimum atomic E-state index is -4.24.